The molecule has 0 aromatic heterocycles. The first-order valence-electron chi connectivity index (χ1n) is 21.5. The summed E-state index contributed by atoms with van der Waals surface area (Å²) in [6.45, 7) is 15.4. The van der Waals surface area contributed by atoms with Gasteiger partial charge in [0.2, 0.25) is 0 Å². The number of carbonyl (C=O) groups is 2. The number of carbonyl (C=O) groups excluding carboxylic acids is 2. The van der Waals surface area contributed by atoms with Crippen molar-refractivity contribution in [1.82, 2.24) is 4.90 Å². The minimum absolute atomic E-state index is 0.0222. The average molecular weight is 696 g/mol. The fourth-order valence-corrected chi connectivity index (χ4v) is 6.75. The Morgan fingerprint density at radius 3 is 1.63 bits per heavy atom. The maximum atomic E-state index is 12.6. The van der Waals surface area contributed by atoms with Crippen LogP contribution in [0, 0.1) is 11.3 Å². The molecule has 6 nitrogen and oxygen atoms in total. The summed E-state index contributed by atoms with van der Waals surface area (Å²) >= 11 is 0. The van der Waals surface area contributed by atoms with E-state index in [9.17, 15) is 14.7 Å². The van der Waals surface area contributed by atoms with Gasteiger partial charge in [-0.15, -0.1) is 0 Å². The second-order valence-electron chi connectivity index (χ2n) is 15.6. The van der Waals surface area contributed by atoms with Crippen molar-refractivity contribution in [2.24, 2.45) is 11.3 Å². The van der Waals surface area contributed by atoms with E-state index in [1.807, 2.05) is 13.8 Å². The van der Waals surface area contributed by atoms with Gasteiger partial charge in [0.05, 0.1) is 18.6 Å². The molecule has 6 heteroatoms. The van der Waals surface area contributed by atoms with Gasteiger partial charge in [-0.05, 0) is 84.2 Å². The number of ether oxygens (including phenoxy) is 2. The third kappa shape index (κ3) is 31.3. The highest BCUT2D eigenvalue weighted by Crippen LogP contribution is 2.26. The standard InChI is InChI=1S/C43H85NO5/c1-6-9-12-13-14-20-26-39-49-42(47)43(4,5)33-23-17-19-25-35-44(36-28-37-45)34-24-18-15-16-21-32-41(46)48-38-27-22-31-40(29-10-7-2)30-11-8-3/h40,45H,6-39H2,1-5H3. The molecule has 0 unspecified atom stereocenters. The summed E-state index contributed by atoms with van der Waals surface area (Å²) in [6, 6.07) is 0. The molecule has 49 heavy (non-hydrogen) atoms. The SMILES string of the molecule is CCCCCCCCCOC(=O)C(C)(C)CCCCCCN(CCCO)CCCCCCCC(=O)OCCCCC(CCCC)CCCC. The van der Waals surface area contributed by atoms with Gasteiger partial charge >= 0.3 is 11.9 Å². The van der Waals surface area contributed by atoms with E-state index in [4.69, 9.17) is 9.47 Å². The maximum Gasteiger partial charge on any atom is 0.311 e. The first-order valence-corrected chi connectivity index (χ1v) is 21.5. The monoisotopic (exact) mass is 696 g/mol. The minimum atomic E-state index is -0.403. The zero-order valence-corrected chi connectivity index (χ0v) is 33.6. The van der Waals surface area contributed by atoms with Crippen LogP contribution in [-0.2, 0) is 19.1 Å². The molecule has 0 fully saturated rings. The first-order chi connectivity index (χ1) is 23.8. The molecule has 0 bridgehead atoms. The van der Waals surface area contributed by atoms with Crippen LogP contribution in [0.5, 0.6) is 0 Å². The Morgan fingerprint density at radius 2 is 1.02 bits per heavy atom. The lowest BCUT2D eigenvalue weighted by atomic mass is 9.87. The van der Waals surface area contributed by atoms with Crippen molar-refractivity contribution in [1.29, 1.82) is 0 Å². The van der Waals surface area contributed by atoms with Crippen LogP contribution in [0.15, 0.2) is 0 Å². The normalized spacial score (nSPS) is 11.9. The van der Waals surface area contributed by atoms with Crippen LogP contribution in [0.4, 0.5) is 0 Å². The third-order valence-electron chi connectivity index (χ3n) is 10.2. The Balaban J connectivity index is 3.92. The van der Waals surface area contributed by atoms with E-state index in [0.29, 0.717) is 19.6 Å². The molecule has 0 amide bonds. The largest absolute Gasteiger partial charge is 0.466 e. The molecule has 0 aromatic carbocycles. The number of esters is 2. The molecular formula is C43H85NO5. The van der Waals surface area contributed by atoms with Crippen molar-refractivity contribution in [2.45, 2.75) is 214 Å². The number of unbranched alkanes of at least 4 members (excludes halogenated alkanes) is 16. The summed E-state index contributed by atoms with van der Waals surface area (Å²) in [5, 5.41) is 9.37. The smallest absolute Gasteiger partial charge is 0.311 e. The quantitative estimate of drug-likeness (QED) is 0.0512. The lowest BCUT2D eigenvalue weighted by Gasteiger charge is -2.23. The van der Waals surface area contributed by atoms with Crippen LogP contribution in [0.1, 0.15) is 214 Å². The molecule has 0 aliphatic carbocycles. The molecule has 0 atom stereocenters. The van der Waals surface area contributed by atoms with Gasteiger partial charge in [-0.25, -0.2) is 0 Å². The second-order valence-corrected chi connectivity index (χ2v) is 15.6. The van der Waals surface area contributed by atoms with E-state index >= 15 is 0 Å². The second kappa shape index (κ2) is 35.3. The number of hydrogen-bond donors (Lipinski definition) is 1. The molecule has 0 aromatic rings. The predicted octanol–water partition coefficient (Wildman–Crippen LogP) is 12.0. The summed E-state index contributed by atoms with van der Waals surface area (Å²) < 4.78 is 11.1. The van der Waals surface area contributed by atoms with Crippen molar-refractivity contribution < 1.29 is 24.2 Å². The Labute approximate surface area is 305 Å². The molecule has 0 spiro atoms. The van der Waals surface area contributed by atoms with E-state index in [1.165, 1.54) is 103 Å². The molecule has 0 aliphatic heterocycles. The minimum Gasteiger partial charge on any atom is -0.466 e. The highest BCUT2D eigenvalue weighted by molar-refractivity contribution is 5.75. The van der Waals surface area contributed by atoms with Crippen molar-refractivity contribution in [3.8, 4) is 0 Å². The predicted molar refractivity (Wildman–Crippen MR) is 209 cm³/mol. The molecule has 1 N–H and O–H groups in total. The Hall–Kier alpha value is -1.14. The Bertz CT molecular complexity index is 719. The number of nitrogens with zero attached hydrogens (tertiary/aromatic N) is 1. The van der Waals surface area contributed by atoms with Gasteiger partial charge in [0, 0.05) is 19.6 Å². The van der Waals surface area contributed by atoms with Crippen molar-refractivity contribution in [3.05, 3.63) is 0 Å². The maximum absolute atomic E-state index is 12.6. The number of rotatable bonds is 38. The van der Waals surface area contributed by atoms with Crippen LogP contribution >= 0.6 is 0 Å². The fraction of sp³-hybridized carbons (Fsp3) is 0.953. The number of aliphatic hydroxyl groups is 1. The fourth-order valence-electron chi connectivity index (χ4n) is 6.75. The molecule has 0 saturated heterocycles. The molecule has 0 rings (SSSR count). The van der Waals surface area contributed by atoms with Gasteiger partial charge in [-0.1, -0.05) is 143 Å². The zero-order chi connectivity index (χ0) is 36.3. The molecule has 0 saturated carbocycles. The first kappa shape index (κ1) is 47.9. The van der Waals surface area contributed by atoms with Gasteiger partial charge < -0.3 is 19.5 Å². The number of aliphatic hydroxyl groups excluding tert-OH is 1. The van der Waals surface area contributed by atoms with Crippen molar-refractivity contribution >= 4 is 11.9 Å². The Kier molecular flexibility index (Phi) is 34.5. The summed E-state index contributed by atoms with van der Waals surface area (Å²) in [4.78, 5) is 27.3. The lowest BCUT2D eigenvalue weighted by molar-refractivity contribution is -0.154. The van der Waals surface area contributed by atoms with Gasteiger partial charge in [-0.3, -0.25) is 9.59 Å². The topological polar surface area (TPSA) is 76.1 Å². The van der Waals surface area contributed by atoms with E-state index in [-0.39, 0.29) is 18.5 Å². The molecular weight excluding hydrogens is 610 g/mol. The van der Waals surface area contributed by atoms with Crippen molar-refractivity contribution in [3.63, 3.8) is 0 Å². The Morgan fingerprint density at radius 1 is 0.551 bits per heavy atom. The zero-order valence-electron chi connectivity index (χ0n) is 33.6. The highest BCUT2D eigenvalue weighted by Gasteiger charge is 2.28. The van der Waals surface area contributed by atoms with Crippen LogP contribution in [0.25, 0.3) is 0 Å². The van der Waals surface area contributed by atoms with Gasteiger partial charge in [0.15, 0.2) is 0 Å². The van der Waals surface area contributed by atoms with Crippen LogP contribution in [0.2, 0.25) is 0 Å². The summed E-state index contributed by atoms with van der Waals surface area (Å²) in [5.41, 5.74) is -0.403. The molecule has 0 radical (unpaired) electrons. The summed E-state index contributed by atoms with van der Waals surface area (Å²) in [7, 11) is 0. The molecule has 0 heterocycles. The van der Waals surface area contributed by atoms with E-state index < -0.39 is 5.41 Å². The van der Waals surface area contributed by atoms with E-state index in [1.54, 1.807) is 0 Å². The average Bonchev–Trinajstić information content (AvgIpc) is 3.09. The van der Waals surface area contributed by atoms with Crippen LogP contribution in [-0.4, -0.2) is 61.4 Å². The lowest BCUT2D eigenvalue weighted by Crippen LogP contribution is -2.28. The third-order valence-corrected chi connectivity index (χ3v) is 10.2. The van der Waals surface area contributed by atoms with Gasteiger partial charge in [0.1, 0.15) is 0 Å². The number of hydrogen-bond acceptors (Lipinski definition) is 6. The van der Waals surface area contributed by atoms with E-state index in [0.717, 1.165) is 96.2 Å². The van der Waals surface area contributed by atoms with E-state index in [2.05, 4.69) is 25.7 Å². The highest BCUT2D eigenvalue weighted by atomic mass is 16.5. The van der Waals surface area contributed by atoms with Crippen molar-refractivity contribution in [2.75, 3.05) is 39.5 Å². The molecule has 0 aliphatic rings. The molecule has 292 valence electrons. The van der Waals surface area contributed by atoms with Crippen LogP contribution < -0.4 is 0 Å². The van der Waals surface area contributed by atoms with Crippen LogP contribution in [0.3, 0.4) is 0 Å². The summed E-state index contributed by atoms with van der Waals surface area (Å²) in [5.74, 6) is 0.795. The van der Waals surface area contributed by atoms with Gasteiger partial charge in [0.25, 0.3) is 0 Å². The van der Waals surface area contributed by atoms with Gasteiger partial charge in [-0.2, -0.15) is 0 Å². The summed E-state index contributed by atoms with van der Waals surface area (Å²) in [6.07, 6.45) is 32.4.